The van der Waals surface area contributed by atoms with Gasteiger partial charge in [0.2, 0.25) is 0 Å². The number of methoxy groups -OCH3 is 2. The third-order valence-corrected chi connectivity index (χ3v) is 6.00. The monoisotopic (exact) mass is 362 g/mol. The largest absolute Gasteiger partial charge is 0.496 e. The van der Waals surface area contributed by atoms with Crippen LogP contribution in [0.5, 0.6) is 5.75 Å². The molecule has 1 N–H and O–H groups in total. The second-order valence-electron chi connectivity index (χ2n) is 7.83. The Morgan fingerprint density at radius 1 is 1.31 bits per heavy atom. The second kappa shape index (κ2) is 7.94. The van der Waals surface area contributed by atoms with Crippen LogP contribution in [-0.4, -0.2) is 67.8 Å². The second-order valence-corrected chi connectivity index (χ2v) is 7.83. The maximum Gasteiger partial charge on any atom is 0.320 e. The lowest BCUT2D eigenvalue weighted by Crippen LogP contribution is -2.40. The van der Waals surface area contributed by atoms with E-state index < -0.39 is 5.97 Å². The molecular weight excluding hydrogens is 332 g/mol. The average molecular weight is 362 g/mol. The van der Waals surface area contributed by atoms with Gasteiger partial charge in [-0.05, 0) is 62.5 Å². The van der Waals surface area contributed by atoms with Gasteiger partial charge in [0.05, 0.1) is 13.7 Å². The summed E-state index contributed by atoms with van der Waals surface area (Å²) in [6, 6.07) is 5.97. The van der Waals surface area contributed by atoms with Gasteiger partial charge in [-0.2, -0.15) is 0 Å². The molecule has 1 spiro atoms. The quantitative estimate of drug-likeness (QED) is 0.837. The maximum atomic E-state index is 11.4. The molecule has 1 atom stereocenters. The molecule has 0 bridgehead atoms. The lowest BCUT2D eigenvalue weighted by atomic mass is 9.76. The van der Waals surface area contributed by atoms with E-state index in [1.807, 2.05) is 18.0 Å². The van der Waals surface area contributed by atoms with Gasteiger partial charge in [0.15, 0.2) is 0 Å². The van der Waals surface area contributed by atoms with Crippen molar-refractivity contribution in [2.45, 2.75) is 38.5 Å². The molecule has 0 aromatic heterocycles. The van der Waals surface area contributed by atoms with Crippen molar-refractivity contribution < 1.29 is 19.4 Å². The van der Waals surface area contributed by atoms with Crippen LogP contribution in [0.2, 0.25) is 0 Å². The fourth-order valence-electron chi connectivity index (χ4n) is 4.55. The minimum atomic E-state index is -0.685. The molecule has 0 radical (unpaired) electrons. The molecule has 2 fully saturated rings. The van der Waals surface area contributed by atoms with Crippen molar-refractivity contribution in [2.75, 3.05) is 40.9 Å². The smallest absolute Gasteiger partial charge is 0.320 e. The first-order valence-electron chi connectivity index (χ1n) is 9.26. The van der Waals surface area contributed by atoms with E-state index in [1.54, 1.807) is 14.2 Å². The number of nitrogens with zero attached hydrogens (tertiary/aromatic N) is 2. The molecular formula is C20H30N2O4. The summed E-state index contributed by atoms with van der Waals surface area (Å²) in [5, 5.41) is 9.38. The van der Waals surface area contributed by atoms with Crippen LogP contribution in [0.3, 0.4) is 0 Å². The molecule has 26 heavy (non-hydrogen) atoms. The van der Waals surface area contributed by atoms with E-state index in [2.05, 4.69) is 17.0 Å². The Hall–Kier alpha value is -1.63. The molecule has 3 rings (SSSR count). The van der Waals surface area contributed by atoms with Crippen LogP contribution >= 0.6 is 0 Å². The predicted molar refractivity (Wildman–Crippen MR) is 99.3 cm³/mol. The number of piperidine rings is 1. The van der Waals surface area contributed by atoms with Crippen molar-refractivity contribution in [3.63, 3.8) is 0 Å². The van der Waals surface area contributed by atoms with Crippen LogP contribution in [0.1, 0.15) is 30.4 Å². The number of likely N-dealkylation sites (N-methyl/N-ethyl adjacent to an activating group) is 1. The number of rotatable bonds is 6. The highest BCUT2D eigenvalue weighted by Gasteiger charge is 2.46. The van der Waals surface area contributed by atoms with E-state index >= 15 is 0 Å². The SMILES string of the molecule is COCc1cc(CN2CCC3(CC2)CC(C(=O)O)N(C)C3)ccc1OC. The summed E-state index contributed by atoms with van der Waals surface area (Å²) >= 11 is 0. The van der Waals surface area contributed by atoms with Gasteiger partial charge < -0.3 is 14.6 Å². The van der Waals surface area contributed by atoms with Crippen molar-refractivity contribution in [1.29, 1.82) is 0 Å². The van der Waals surface area contributed by atoms with Gasteiger partial charge in [-0.3, -0.25) is 14.6 Å². The minimum Gasteiger partial charge on any atom is -0.496 e. The molecule has 6 nitrogen and oxygen atoms in total. The highest BCUT2D eigenvalue weighted by Crippen LogP contribution is 2.43. The van der Waals surface area contributed by atoms with Crippen LogP contribution < -0.4 is 4.74 Å². The highest BCUT2D eigenvalue weighted by molar-refractivity contribution is 5.74. The first-order chi connectivity index (χ1) is 12.5. The van der Waals surface area contributed by atoms with E-state index in [0.29, 0.717) is 6.61 Å². The van der Waals surface area contributed by atoms with E-state index in [9.17, 15) is 9.90 Å². The summed E-state index contributed by atoms with van der Waals surface area (Å²) in [6.45, 7) is 4.40. The molecule has 144 valence electrons. The topological polar surface area (TPSA) is 62.2 Å². The molecule has 2 aliphatic heterocycles. The number of hydrogen-bond donors (Lipinski definition) is 1. The molecule has 0 saturated carbocycles. The van der Waals surface area contributed by atoms with Gasteiger partial charge in [-0.15, -0.1) is 0 Å². The first kappa shape index (κ1) is 19.1. The summed E-state index contributed by atoms with van der Waals surface area (Å²) in [4.78, 5) is 15.9. The predicted octanol–water partition coefficient (Wildman–Crippen LogP) is 2.21. The Kier molecular flexibility index (Phi) is 5.85. The maximum absolute atomic E-state index is 11.4. The summed E-state index contributed by atoms with van der Waals surface area (Å²) in [6.07, 6.45) is 2.93. The standard InChI is InChI=1S/C20H30N2O4/c1-21-14-20(11-17(21)19(23)24)6-8-22(9-7-20)12-15-4-5-18(26-3)16(10-15)13-25-2/h4-5,10,17H,6-9,11-14H2,1-3H3,(H,23,24). The van der Waals surface area contributed by atoms with Gasteiger partial charge in [0.25, 0.3) is 0 Å². The molecule has 2 heterocycles. The number of ether oxygens (including phenoxy) is 2. The number of aliphatic carboxylic acids is 1. The molecule has 1 aromatic carbocycles. The third kappa shape index (κ3) is 4.03. The Labute approximate surface area is 155 Å². The normalized spacial score (nSPS) is 23.4. The molecule has 1 unspecified atom stereocenters. The number of carboxylic acid groups (broad SMARTS) is 1. The van der Waals surface area contributed by atoms with Crippen molar-refractivity contribution in [2.24, 2.45) is 5.41 Å². The Bertz CT molecular complexity index is 641. The Morgan fingerprint density at radius 2 is 2.04 bits per heavy atom. The van der Waals surface area contributed by atoms with Gasteiger partial charge in [-0.1, -0.05) is 6.07 Å². The number of likely N-dealkylation sites (tertiary alicyclic amines) is 2. The fourth-order valence-corrected chi connectivity index (χ4v) is 4.55. The summed E-state index contributed by atoms with van der Waals surface area (Å²) in [5.74, 6) is 0.178. The van der Waals surface area contributed by atoms with Crippen molar-refractivity contribution >= 4 is 5.97 Å². The lowest BCUT2D eigenvalue weighted by Gasteiger charge is -2.39. The van der Waals surface area contributed by atoms with Gasteiger partial charge in [0.1, 0.15) is 11.8 Å². The van der Waals surface area contributed by atoms with E-state index in [-0.39, 0.29) is 11.5 Å². The number of carbonyl (C=O) groups is 1. The van der Waals surface area contributed by atoms with E-state index in [4.69, 9.17) is 9.47 Å². The van der Waals surface area contributed by atoms with Crippen molar-refractivity contribution in [3.05, 3.63) is 29.3 Å². The lowest BCUT2D eigenvalue weighted by molar-refractivity contribution is -0.141. The van der Waals surface area contributed by atoms with Crippen LogP contribution in [0.25, 0.3) is 0 Å². The van der Waals surface area contributed by atoms with Crippen molar-refractivity contribution in [3.8, 4) is 5.75 Å². The molecule has 6 heteroatoms. The summed E-state index contributed by atoms with van der Waals surface area (Å²) < 4.78 is 10.7. The first-order valence-corrected chi connectivity index (χ1v) is 9.26. The fraction of sp³-hybridized carbons (Fsp3) is 0.650. The Morgan fingerprint density at radius 3 is 2.62 bits per heavy atom. The zero-order chi connectivity index (χ0) is 18.7. The Balaban J connectivity index is 1.59. The average Bonchev–Trinajstić information content (AvgIpc) is 2.94. The molecule has 0 aliphatic carbocycles. The number of hydrogen-bond acceptors (Lipinski definition) is 5. The highest BCUT2D eigenvalue weighted by atomic mass is 16.5. The number of benzene rings is 1. The zero-order valence-corrected chi connectivity index (χ0v) is 16.0. The van der Waals surface area contributed by atoms with Gasteiger partial charge >= 0.3 is 5.97 Å². The molecule has 2 saturated heterocycles. The molecule has 2 aliphatic rings. The minimum absolute atomic E-state index is 0.176. The zero-order valence-electron chi connectivity index (χ0n) is 16.0. The van der Waals surface area contributed by atoms with E-state index in [1.165, 1.54) is 5.56 Å². The van der Waals surface area contributed by atoms with Gasteiger partial charge in [0, 0.05) is 25.8 Å². The van der Waals surface area contributed by atoms with Crippen LogP contribution in [0, 0.1) is 5.41 Å². The van der Waals surface area contributed by atoms with Crippen LogP contribution in [0.4, 0.5) is 0 Å². The van der Waals surface area contributed by atoms with Gasteiger partial charge in [-0.25, -0.2) is 0 Å². The third-order valence-electron chi connectivity index (χ3n) is 6.00. The number of carboxylic acids is 1. The molecule has 0 amide bonds. The van der Waals surface area contributed by atoms with Crippen molar-refractivity contribution in [1.82, 2.24) is 9.80 Å². The molecule has 1 aromatic rings. The van der Waals surface area contributed by atoms with Crippen LogP contribution in [-0.2, 0) is 22.7 Å². The van der Waals surface area contributed by atoms with E-state index in [0.717, 1.165) is 56.8 Å². The summed E-state index contributed by atoms with van der Waals surface area (Å²) in [5.41, 5.74) is 2.51. The summed E-state index contributed by atoms with van der Waals surface area (Å²) in [7, 11) is 5.31. The van der Waals surface area contributed by atoms with Crippen LogP contribution in [0.15, 0.2) is 18.2 Å².